The number of benzene rings is 2. The molecule has 4 nitrogen and oxygen atoms in total. The number of anilines is 2. The van der Waals surface area contributed by atoms with E-state index in [0.717, 1.165) is 49.5 Å². The Morgan fingerprint density at radius 2 is 1.76 bits per heavy atom. The van der Waals surface area contributed by atoms with Crippen molar-refractivity contribution in [1.29, 1.82) is 0 Å². The molecule has 2 aromatic carbocycles. The normalized spacial score (nSPS) is 16.9. The minimum absolute atomic E-state index is 0.00521. The molecule has 3 heterocycles. The van der Waals surface area contributed by atoms with Gasteiger partial charge in [-0.2, -0.15) is 0 Å². The lowest BCUT2D eigenvalue weighted by atomic mass is 9.94. The Balaban J connectivity index is 1.36. The molecule has 5 rings (SSSR count). The van der Waals surface area contributed by atoms with Crippen LogP contribution in [-0.4, -0.2) is 23.6 Å². The number of para-hydroxylation sites is 1. The van der Waals surface area contributed by atoms with E-state index in [2.05, 4.69) is 33.9 Å². The average molecular weight is 389 g/mol. The molecule has 0 saturated carbocycles. The smallest absolute Gasteiger partial charge is 0.230 e. The van der Waals surface area contributed by atoms with E-state index in [9.17, 15) is 9.18 Å². The summed E-state index contributed by atoms with van der Waals surface area (Å²) < 4.78 is 15.8. The summed E-state index contributed by atoms with van der Waals surface area (Å²) in [5.74, 6) is -0.0229. The van der Waals surface area contributed by atoms with Gasteiger partial charge in [-0.05, 0) is 54.8 Å². The molecule has 0 N–H and O–H groups in total. The van der Waals surface area contributed by atoms with E-state index in [0.29, 0.717) is 6.54 Å². The molecular formula is C24H24FN3O. The maximum absolute atomic E-state index is 13.6. The first-order chi connectivity index (χ1) is 14.2. The zero-order chi connectivity index (χ0) is 19.8. The number of piperidine rings is 1. The molecule has 3 aromatic rings. The van der Waals surface area contributed by atoms with Crippen LogP contribution in [0, 0.1) is 11.7 Å². The summed E-state index contributed by atoms with van der Waals surface area (Å²) in [4.78, 5) is 17.7. The molecule has 29 heavy (non-hydrogen) atoms. The van der Waals surface area contributed by atoms with Crippen molar-refractivity contribution in [1.82, 2.24) is 4.57 Å². The Hall–Kier alpha value is -3.08. The third-order valence-electron chi connectivity index (χ3n) is 6.15. The van der Waals surface area contributed by atoms with Crippen molar-refractivity contribution in [3.63, 3.8) is 0 Å². The summed E-state index contributed by atoms with van der Waals surface area (Å²) in [5.41, 5.74) is 4.25. The zero-order valence-electron chi connectivity index (χ0n) is 16.3. The molecule has 0 atom stereocenters. The molecule has 1 fully saturated rings. The predicted molar refractivity (Wildman–Crippen MR) is 113 cm³/mol. The van der Waals surface area contributed by atoms with Crippen LogP contribution >= 0.6 is 0 Å². The van der Waals surface area contributed by atoms with Crippen LogP contribution in [0.4, 0.5) is 15.8 Å². The minimum atomic E-state index is -0.218. The number of hydrogen-bond donors (Lipinski definition) is 0. The van der Waals surface area contributed by atoms with Crippen molar-refractivity contribution in [3.8, 4) is 0 Å². The van der Waals surface area contributed by atoms with Crippen LogP contribution in [0.1, 0.15) is 24.1 Å². The molecule has 0 aliphatic carbocycles. The van der Waals surface area contributed by atoms with Gasteiger partial charge < -0.3 is 14.4 Å². The van der Waals surface area contributed by atoms with E-state index >= 15 is 0 Å². The number of carbonyl (C=O) groups is 1. The van der Waals surface area contributed by atoms with E-state index in [4.69, 9.17) is 0 Å². The number of rotatable bonds is 2. The number of carbonyl (C=O) groups excluding carboxylic acids is 1. The van der Waals surface area contributed by atoms with Gasteiger partial charge in [0.1, 0.15) is 5.82 Å². The van der Waals surface area contributed by atoms with Gasteiger partial charge in [-0.25, -0.2) is 4.39 Å². The number of fused-ring (bicyclic) bond motifs is 2. The summed E-state index contributed by atoms with van der Waals surface area (Å²) in [7, 11) is 0. The molecule has 5 heteroatoms. The van der Waals surface area contributed by atoms with E-state index < -0.39 is 0 Å². The molecule has 1 saturated heterocycles. The highest BCUT2D eigenvalue weighted by molar-refractivity contribution is 5.96. The molecule has 2 aliphatic rings. The minimum Gasteiger partial charge on any atom is -0.371 e. The third kappa shape index (κ3) is 3.41. The van der Waals surface area contributed by atoms with Gasteiger partial charge in [0, 0.05) is 48.8 Å². The molecule has 1 aromatic heterocycles. The quantitative estimate of drug-likeness (QED) is 0.648. The standard InChI is InChI=1S/C24H24FN3O/c25-20-6-3-7-21(15-20)26-13-10-18(11-14-26)24(29)28-17-22-8-4-12-27(22)16-19-5-1-2-9-23(19)28/h1-9,12,15,18H,10-11,13-14,16-17H2. The number of amides is 1. The maximum Gasteiger partial charge on any atom is 0.230 e. The van der Waals surface area contributed by atoms with E-state index in [1.165, 1.54) is 11.6 Å². The van der Waals surface area contributed by atoms with Gasteiger partial charge in [0.25, 0.3) is 0 Å². The molecule has 0 bridgehead atoms. The Morgan fingerprint density at radius 1 is 0.931 bits per heavy atom. The van der Waals surface area contributed by atoms with Gasteiger partial charge in [0.15, 0.2) is 0 Å². The fraction of sp³-hybridized carbons (Fsp3) is 0.292. The van der Waals surface area contributed by atoms with Crippen molar-refractivity contribution in [2.24, 2.45) is 5.92 Å². The largest absolute Gasteiger partial charge is 0.371 e. The molecule has 2 aliphatic heterocycles. The molecule has 0 unspecified atom stereocenters. The third-order valence-corrected chi connectivity index (χ3v) is 6.15. The van der Waals surface area contributed by atoms with Crippen molar-refractivity contribution < 1.29 is 9.18 Å². The topological polar surface area (TPSA) is 28.5 Å². The van der Waals surface area contributed by atoms with Crippen LogP contribution < -0.4 is 9.80 Å². The van der Waals surface area contributed by atoms with E-state index in [1.807, 2.05) is 29.2 Å². The van der Waals surface area contributed by atoms with Gasteiger partial charge >= 0.3 is 0 Å². The SMILES string of the molecule is O=C(C1CCN(c2cccc(F)c2)CC1)N1Cc2cccn2Cc2ccccc21. The fourth-order valence-electron chi connectivity index (χ4n) is 4.56. The summed E-state index contributed by atoms with van der Waals surface area (Å²) in [6, 6.07) is 19.1. The summed E-state index contributed by atoms with van der Waals surface area (Å²) in [6.07, 6.45) is 3.65. The maximum atomic E-state index is 13.6. The van der Waals surface area contributed by atoms with Crippen LogP contribution in [0.15, 0.2) is 66.9 Å². The van der Waals surface area contributed by atoms with Crippen LogP contribution in [0.2, 0.25) is 0 Å². The average Bonchev–Trinajstić information content (AvgIpc) is 3.12. The van der Waals surface area contributed by atoms with Crippen LogP contribution in [0.5, 0.6) is 0 Å². The van der Waals surface area contributed by atoms with E-state index in [-0.39, 0.29) is 17.6 Å². The first-order valence-electron chi connectivity index (χ1n) is 10.2. The van der Waals surface area contributed by atoms with Crippen LogP contribution in [0.25, 0.3) is 0 Å². The Bertz CT molecular complexity index is 1040. The van der Waals surface area contributed by atoms with Gasteiger partial charge in [-0.15, -0.1) is 0 Å². The van der Waals surface area contributed by atoms with Gasteiger partial charge in [-0.3, -0.25) is 4.79 Å². The van der Waals surface area contributed by atoms with E-state index in [1.54, 1.807) is 12.1 Å². The monoisotopic (exact) mass is 389 g/mol. The molecule has 0 radical (unpaired) electrons. The number of hydrogen-bond acceptors (Lipinski definition) is 2. The first kappa shape index (κ1) is 18.0. The molecule has 148 valence electrons. The lowest BCUT2D eigenvalue weighted by Crippen LogP contribution is -2.42. The summed E-state index contributed by atoms with van der Waals surface area (Å²) in [6.45, 7) is 2.94. The first-order valence-corrected chi connectivity index (χ1v) is 10.2. The van der Waals surface area contributed by atoms with Gasteiger partial charge in [0.05, 0.1) is 6.54 Å². The van der Waals surface area contributed by atoms with Gasteiger partial charge in [-0.1, -0.05) is 24.3 Å². The second kappa shape index (κ2) is 7.39. The Labute approximate surface area is 170 Å². The predicted octanol–water partition coefficient (Wildman–Crippen LogP) is 4.44. The van der Waals surface area contributed by atoms with Gasteiger partial charge in [0.2, 0.25) is 5.91 Å². The fourth-order valence-corrected chi connectivity index (χ4v) is 4.56. The molecular weight excluding hydrogens is 365 g/mol. The number of halogens is 1. The van der Waals surface area contributed by atoms with Crippen molar-refractivity contribution in [2.45, 2.75) is 25.9 Å². The van der Waals surface area contributed by atoms with Crippen LogP contribution in [0.3, 0.4) is 0 Å². The zero-order valence-corrected chi connectivity index (χ0v) is 16.3. The number of aromatic nitrogens is 1. The van der Waals surface area contributed by atoms with Crippen molar-refractivity contribution >= 4 is 17.3 Å². The molecule has 1 amide bonds. The lowest BCUT2D eigenvalue weighted by Gasteiger charge is -2.35. The molecule has 0 spiro atoms. The van der Waals surface area contributed by atoms with Crippen LogP contribution in [-0.2, 0) is 17.9 Å². The Kier molecular flexibility index (Phi) is 4.58. The highest BCUT2D eigenvalue weighted by Gasteiger charge is 2.32. The second-order valence-electron chi connectivity index (χ2n) is 7.92. The second-order valence-corrected chi connectivity index (χ2v) is 7.92. The lowest BCUT2D eigenvalue weighted by molar-refractivity contribution is -0.123. The Morgan fingerprint density at radius 3 is 2.59 bits per heavy atom. The van der Waals surface area contributed by atoms with Crippen molar-refractivity contribution in [2.75, 3.05) is 22.9 Å². The summed E-state index contributed by atoms with van der Waals surface area (Å²) >= 11 is 0. The number of nitrogens with zero attached hydrogens (tertiary/aromatic N) is 3. The highest BCUT2D eigenvalue weighted by Crippen LogP contribution is 2.32. The summed E-state index contributed by atoms with van der Waals surface area (Å²) in [5, 5.41) is 0. The highest BCUT2D eigenvalue weighted by atomic mass is 19.1. The van der Waals surface area contributed by atoms with Crippen molar-refractivity contribution in [3.05, 3.63) is 83.9 Å².